The number of aliphatic hydroxyl groups is 1. The molecule has 1 N–H and O–H groups in total. The van der Waals surface area contributed by atoms with Crippen LogP contribution in [0, 0.1) is 11.7 Å². The molecule has 3 nitrogen and oxygen atoms in total. The first-order valence-corrected chi connectivity index (χ1v) is 9.05. The standard InChI is InChI=1S/C18H26ClFN2O/c19-17-4-1-5-18(20)16(17)12-21-8-2-3-15(11-21)22-9-6-14(13-23)7-10-22/h1,4-5,14-15,23H,2-3,6-13H2. The summed E-state index contributed by atoms with van der Waals surface area (Å²) in [5.41, 5.74) is 0.619. The third kappa shape index (κ3) is 4.24. The molecule has 1 unspecified atom stereocenters. The lowest BCUT2D eigenvalue weighted by molar-refractivity contribution is 0.0541. The molecule has 0 aliphatic carbocycles. The van der Waals surface area contributed by atoms with Gasteiger partial charge in [-0.2, -0.15) is 0 Å². The Labute approximate surface area is 143 Å². The van der Waals surface area contributed by atoms with Crippen LogP contribution in [-0.4, -0.2) is 53.7 Å². The van der Waals surface area contributed by atoms with Crippen LogP contribution < -0.4 is 0 Å². The molecular formula is C18H26ClFN2O. The van der Waals surface area contributed by atoms with Crippen molar-refractivity contribution in [1.82, 2.24) is 9.80 Å². The number of aliphatic hydroxyl groups excluding tert-OH is 1. The van der Waals surface area contributed by atoms with Crippen molar-refractivity contribution in [2.24, 2.45) is 5.92 Å². The van der Waals surface area contributed by atoms with Crippen LogP contribution >= 0.6 is 11.6 Å². The third-order valence-electron chi connectivity index (χ3n) is 5.35. The number of likely N-dealkylation sites (tertiary alicyclic amines) is 2. The van der Waals surface area contributed by atoms with Crippen LogP contribution in [0.1, 0.15) is 31.2 Å². The fourth-order valence-electron chi connectivity index (χ4n) is 3.88. The van der Waals surface area contributed by atoms with E-state index in [1.807, 2.05) is 0 Å². The minimum atomic E-state index is -0.205. The summed E-state index contributed by atoms with van der Waals surface area (Å²) in [7, 11) is 0. The number of nitrogens with zero attached hydrogens (tertiary/aromatic N) is 2. The van der Waals surface area contributed by atoms with Gasteiger partial charge in [-0.05, 0) is 63.4 Å². The van der Waals surface area contributed by atoms with Gasteiger partial charge >= 0.3 is 0 Å². The number of halogens is 2. The average molecular weight is 341 g/mol. The van der Waals surface area contributed by atoms with E-state index in [1.165, 1.54) is 12.5 Å². The van der Waals surface area contributed by atoms with E-state index in [4.69, 9.17) is 11.6 Å². The van der Waals surface area contributed by atoms with Crippen molar-refractivity contribution in [3.05, 3.63) is 34.6 Å². The van der Waals surface area contributed by atoms with E-state index in [0.29, 0.717) is 35.7 Å². The second-order valence-corrected chi connectivity index (χ2v) is 7.30. The topological polar surface area (TPSA) is 26.7 Å². The third-order valence-corrected chi connectivity index (χ3v) is 5.70. The number of hydrogen-bond acceptors (Lipinski definition) is 3. The maximum atomic E-state index is 14.0. The van der Waals surface area contributed by atoms with Gasteiger partial charge in [-0.1, -0.05) is 17.7 Å². The highest BCUT2D eigenvalue weighted by atomic mass is 35.5. The van der Waals surface area contributed by atoms with Crippen molar-refractivity contribution < 1.29 is 9.50 Å². The van der Waals surface area contributed by atoms with Gasteiger partial charge in [0.1, 0.15) is 5.82 Å². The van der Waals surface area contributed by atoms with Crippen molar-refractivity contribution in [2.75, 3.05) is 32.8 Å². The first-order chi connectivity index (χ1) is 11.2. The monoisotopic (exact) mass is 340 g/mol. The smallest absolute Gasteiger partial charge is 0.129 e. The molecular weight excluding hydrogens is 315 g/mol. The molecule has 23 heavy (non-hydrogen) atoms. The van der Waals surface area contributed by atoms with E-state index in [9.17, 15) is 9.50 Å². The van der Waals surface area contributed by atoms with Crippen LogP contribution in [0.25, 0.3) is 0 Å². The summed E-state index contributed by atoms with van der Waals surface area (Å²) in [5, 5.41) is 9.79. The van der Waals surface area contributed by atoms with E-state index in [0.717, 1.165) is 45.4 Å². The normalized spacial score (nSPS) is 24.9. The molecule has 1 aromatic carbocycles. The predicted octanol–water partition coefficient (Wildman–Crippen LogP) is 3.15. The Hall–Kier alpha value is -0.680. The van der Waals surface area contributed by atoms with Crippen LogP contribution in [0.5, 0.6) is 0 Å². The molecule has 2 heterocycles. The minimum Gasteiger partial charge on any atom is -0.396 e. The first-order valence-electron chi connectivity index (χ1n) is 8.67. The van der Waals surface area contributed by atoms with Crippen molar-refractivity contribution in [2.45, 2.75) is 38.3 Å². The maximum Gasteiger partial charge on any atom is 0.129 e. The molecule has 0 radical (unpaired) electrons. The molecule has 1 aromatic rings. The molecule has 2 fully saturated rings. The largest absolute Gasteiger partial charge is 0.396 e. The Kier molecular flexibility index (Phi) is 5.91. The SMILES string of the molecule is OCC1CCN(C2CCCN(Cc3c(F)cccc3Cl)C2)CC1. The van der Waals surface area contributed by atoms with E-state index < -0.39 is 0 Å². The Morgan fingerprint density at radius 1 is 1.17 bits per heavy atom. The van der Waals surface area contributed by atoms with E-state index in [-0.39, 0.29) is 5.82 Å². The summed E-state index contributed by atoms with van der Waals surface area (Å²) in [4.78, 5) is 4.89. The van der Waals surface area contributed by atoms with Gasteiger partial charge in [0.2, 0.25) is 0 Å². The van der Waals surface area contributed by atoms with Gasteiger partial charge in [-0.3, -0.25) is 9.80 Å². The van der Waals surface area contributed by atoms with Crippen LogP contribution in [0.2, 0.25) is 5.02 Å². The number of benzene rings is 1. The highest BCUT2D eigenvalue weighted by Crippen LogP contribution is 2.26. The second kappa shape index (κ2) is 7.93. The molecule has 0 aromatic heterocycles. The fraction of sp³-hybridized carbons (Fsp3) is 0.667. The molecule has 2 aliphatic rings. The van der Waals surface area contributed by atoms with Crippen LogP contribution in [-0.2, 0) is 6.54 Å². The van der Waals surface area contributed by atoms with Gasteiger partial charge in [0.25, 0.3) is 0 Å². The van der Waals surface area contributed by atoms with Crippen LogP contribution in [0.15, 0.2) is 18.2 Å². The summed E-state index contributed by atoms with van der Waals surface area (Å²) < 4.78 is 14.0. The summed E-state index contributed by atoms with van der Waals surface area (Å²) in [5.74, 6) is 0.270. The first kappa shape index (κ1) is 17.2. The fourth-order valence-corrected chi connectivity index (χ4v) is 4.10. The lowest BCUT2D eigenvalue weighted by atomic mass is 9.94. The molecule has 0 amide bonds. The van der Waals surface area contributed by atoms with Crippen molar-refractivity contribution in [3.8, 4) is 0 Å². The molecule has 3 rings (SSSR count). The second-order valence-electron chi connectivity index (χ2n) is 6.89. The molecule has 1 atom stereocenters. The minimum absolute atomic E-state index is 0.205. The zero-order chi connectivity index (χ0) is 16.2. The maximum absolute atomic E-state index is 14.0. The van der Waals surface area contributed by atoms with Crippen LogP contribution in [0.4, 0.5) is 4.39 Å². The Morgan fingerprint density at radius 2 is 1.96 bits per heavy atom. The van der Waals surface area contributed by atoms with E-state index in [1.54, 1.807) is 12.1 Å². The zero-order valence-corrected chi connectivity index (χ0v) is 14.3. The highest BCUT2D eigenvalue weighted by molar-refractivity contribution is 6.31. The van der Waals surface area contributed by atoms with Gasteiger partial charge in [0.05, 0.1) is 0 Å². The number of hydrogen-bond donors (Lipinski definition) is 1. The van der Waals surface area contributed by atoms with E-state index in [2.05, 4.69) is 9.80 Å². The van der Waals surface area contributed by atoms with Crippen molar-refractivity contribution >= 4 is 11.6 Å². The molecule has 128 valence electrons. The van der Waals surface area contributed by atoms with Gasteiger partial charge in [-0.25, -0.2) is 4.39 Å². The molecule has 0 saturated carbocycles. The predicted molar refractivity (Wildman–Crippen MR) is 91.1 cm³/mol. The quantitative estimate of drug-likeness (QED) is 0.912. The highest BCUT2D eigenvalue weighted by Gasteiger charge is 2.29. The number of rotatable bonds is 4. The zero-order valence-electron chi connectivity index (χ0n) is 13.6. The summed E-state index contributed by atoms with van der Waals surface area (Å²) in [6.07, 6.45) is 4.54. The Bertz CT molecular complexity index is 499. The van der Waals surface area contributed by atoms with E-state index >= 15 is 0 Å². The lowest BCUT2D eigenvalue weighted by Crippen LogP contribution is -2.50. The van der Waals surface area contributed by atoms with Crippen molar-refractivity contribution in [3.63, 3.8) is 0 Å². The Balaban J connectivity index is 1.58. The molecule has 0 bridgehead atoms. The van der Waals surface area contributed by atoms with Gasteiger partial charge in [0, 0.05) is 36.3 Å². The van der Waals surface area contributed by atoms with Crippen molar-refractivity contribution in [1.29, 1.82) is 0 Å². The Morgan fingerprint density at radius 3 is 2.65 bits per heavy atom. The summed E-state index contributed by atoms with van der Waals surface area (Å²) in [6.45, 7) is 5.04. The lowest BCUT2D eigenvalue weighted by Gasteiger charge is -2.42. The summed E-state index contributed by atoms with van der Waals surface area (Å²) in [6, 6.07) is 5.46. The molecule has 2 saturated heterocycles. The molecule has 0 spiro atoms. The van der Waals surface area contributed by atoms with Gasteiger partial charge in [-0.15, -0.1) is 0 Å². The van der Waals surface area contributed by atoms with Gasteiger partial charge < -0.3 is 5.11 Å². The molecule has 5 heteroatoms. The average Bonchev–Trinajstić information content (AvgIpc) is 2.59. The summed E-state index contributed by atoms with van der Waals surface area (Å²) >= 11 is 6.17. The van der Waals surface area contributed by atoms with Crippen LogP contribution in [0.3, 0.4) is 0 Å². The number of piperidine rings is 2. The van der Waals surface area contributed by atoms with Gasteiger partial charge in [0.15, 0.2) is 0 Å². The molecule has 2 aliphatic heterocycles.